The fourth-order valence-electron chi connectivity index (χ4n) is 5.76. The van der Waals surface area contributed by atoms with Crippen molar-refractivity contribution < 1.29 is 9.18 Å². The third-order valence-corrected chi connectivity index (χ3v) is 9.00. The maximum Gasteiger partial charge on any atom is 0.219 e. The molecule has 6 rings (SSSR count). The number of nitrogens with zero attached hydrogens (tertiary/aromatic N) is 4. The summed E-state index contributed by atoms with van der Waals surface area (Å²) in [5.41, 5.74) is 6.59. The van der Waals surface area contributed by atoms with Gasteiger partial charge in [0.2, 0.25) is 11.1 Å². The summed E-state index contributed by atoms with van der Waals surface area (Å²) in [5.74, 6) is 0.848. The van der Waals surface area contributed by atoms with Crippen molar-refractivity contribution in [3.63, 3.8) is 0 Å². The van der Waals surface area contributed by atoms with Crippen molar-refractivity contribution in [3.05, 3.63) is 131 Å². The van der Waals surface area contributed by atoms with Gasteiger partial charge in [-0.15, -0.1) is 10.2 Å². The predicted molar refractivity (Wildman–Crippen MR) is 180 cm³/mol. The normalized spacial score (nSPS) is 11.4. The smallest absolute Gasteiger partial charge is 0.219 e. The van der Waals surface area contributed by atoms with E-state index in [0.29, 0.717) is 41.4 Å². The molecule has 6 nitrogen and oxygen atoms in total. The van der Waals surface area contributed by atoms with Gasteiger partial charge in [-0.3, -0.25) is 4.79 Å². The predicted octanol–water partition coefficient (Wildman–Crippen LogP) is 8.08. The lowest BCUT2D eigenvalue weighted by Gasteiger charge is -2.18. The second-order valence-electron chi connectivity index (χ2n) is 11.3. The van der Waals surface area contributed by atoms with Crippen LogP contribution in [0.2, 0.25) is 0 Å². The number of carbonyl (C=O) groups is 1. The Hall–Kier alpha value is -4.56. The molecule has 6 aromatic rings. The maximum atomic E-state index is 14.6. The van der Waals surface area contributed by atoms with Gasteiger partial charge in [-0.1, -0.05) is 102 Å². The Balaban J connectivity index is 1.03. The van der Waals surface area contributed by atoms with E-state index in [0.717, 1.165) is 41.5 Å². The van der Waals surface area contributed by atoms with E-state index < -0.39 is 0 Å². The van der Waals surface area contributed by atoms with Crippen molar-refractivity contribution in [2.45, 2.75) is 50.2 Å². The van der Waals surface area contributed by atoms with E-state index >= 15 is 0 Å². The standard InChI is InChI=1S/C37H36FN5OS/c1-26-19-20-33-31(24-26)35-36(43(33)25-29-16-8-9-17-32(29)38)40-37(42-41-35)45-23-11-10-18-34(44)39-22-21-30(27-12-4-2-5-13-27)28-14-6-3-7-15-28/h2-9,12-17,19-20,24,30H,10-11,18,21-23,25H2,1H3,(H,39,44). The van der Waals surface area contributed by atoms with Crippen LogP contribution in [-0.4, -0.2) is 38.0 Å². The monoisotopic (exact) mass is 617 g/mol. The molecule has 1 N–H and O–H groups in total. The molecule has 2 heterocycles. The second kappa shape index (κ2) is 14.5. The SMILES string of the molecule is Cc1ccc2c(c1)c1nnc(SCCCCC(=O)NCCC(c3ccccc3)c3ccccc3)nc1n2Cc1ccccc1F. The average Bonchev–Trinajstić information content (AvgIpc) is 3.36. The molecule has 0 unspecified atom stereocenters. The highest BCUT2D eigenvalue weighted by molar-refractivity contribution is 7.99. The molecule has 1 amide bonds. The Kier molecular flexibility index (Phi) is 9.80. The van der Waals surface area contributed by atoms with Gasteiger partial charge in [0.05, 0.1) is 12.1 Å². The van der Waals surface area contributed by atoms with Crippen LogP contribution in [0, 0.1) is 12.7 Å². The summed E-state index contributed by atoms with van der Waals surface area (Å²) in [5, 5.41) is 13.6. The zero-order valence-corrected chi connectivity index (χ0v) is 26.1. The molecule has 0 bridgehead atoms. The summed E-state index contributed by atoms with van der Waals surface area (Å²) in [4.78, 5) is 17.5. The van der Waals surface area contributed by atoms with Crippen molar-refractivity contribution in [1.29, 1.82) is 0 Å². The minimum absolute atomic E-state index is 0.0761. The van der Waals surface area contributed by atoms with Crippen molar-refractivity contribution in [2.75, 3.05) is 12.3 Å². The second-order valence-corrected chi connectivity index (χ2v) is 12.3. The lowest BCUT2D eigenvalue weighted by molar-refractivity contribution is -0.121. The lowest BCUT2D eigenvalue weighted by atomic mass is 9.88. The molecule has 0 aliphatic rings. The molecule has 2 aromatic heterocycles. The van der Waals surface area contributed by atoms with Crippen LogP contribution >= 0.6 is 11.8 Å². The number of fused-ring (bicyclic) bond motifs is 3. The molecule has 0 aliphatic carbocycles. The molecule has 0 saturated carbocycles. The Morgan fingerprint density at radius 2 is 1.60 bits per heavy atom. The fraction of sp³-hybridized carbons (Fsp3) is 0.243. The number of halogens is 1. The van der Waals surface area contributed by atoms with Crippen molar-refractivity contribution in [3.8, 4) is 0 Å². The first-order chi connectivity index (χ1) is 22.1. The summed E-state index contributed by atoms with van der Waals surface area (Å²) >= 11 is 1.53. The molecule has 0 saturated heterocycles. The number of hydrogen-bond acceptors (Lipinski definition) is 5. The third-order valence-electron chi connectivity index (χ3n) is 8.08. The first kappa shape index (κ1) is 30.5. The van der Waals surface area contributed by atoms with Gasteiger partial charge in [0.15, 0.2) is 5.65 Å². The molecule has 0 atom stereocenters. The Morgan fingerprint density at radius 1 is 0.889 bits per heavy atom. The fourth-order valence-corrected chi connectivity index (χ4v) is 6.55. The molecule has 0 fully saturated rings. The number of hydrogen-bond donors (Lipinski definition) is 1. The molecule has 228 valence electrons. The van der Waals surface area contributed by atoms with E-state index in [1.807, 2.05) is 41.8 Å². The van der Waals surface area contributed by atoms with Gasteiger partial charge in [-0.2, -0.15) is 0 Å². The summed E-state index contributed by atoms with van der Waals surface area (Å²) in [6.07, 6.45) is 2.96. The number of rotatable bonds is 13. The molecular formula is C37H36FN5OS. The number of aryl methyl sites for hydroxylation is 1. The minimum Gasteiger partial charge on any atom is -0.356 e. The van der Waals surface area contributed by atoms with Gasteiger partial charge in [0.25, 0.3) is 0 Å². The van der Waals surface area contributed by atoms with Gasteiger partial charge in [-0.25, -0.2) is 9.37 Å². The number of nitrogens with one attached hydrogen (secondary N) is 1. The van der Waals surface area contributed by atoms with Crippen LogP contribution in [0.4, 0.5) is 4.39 Å². The van der Waals surface area contributed by atoms with Gasteiger partial charge in [-0.05, 0) is 55.5 Å². The quantitative estimate of drug-likeness (QED) is 0.105. The third kappa shape index (κ3) is 7.40. The highest BCUT2D eigenvalue weighted by Gasteiger charge is 2.17. The van der Waals surface area contributed by atoms with Crippen LogP contribution in [0.3, 0.4) is 0 Å². The van der Waals surface area contributed by atoms with E-state index in [9.17, 15) is 9.18 Å². The molecular weight excluding hydrogens is 582 g/mol. The van der Waals surface area contributed by atoms with E-state index in [1.54, 1.807) is 12.1 Å². The van der Waals surface area contributed by atoms with E-state index in [-0.39, 0.29) is 17.6 Å². The largest absolute Gasteiger partial charge is 0.356 e. The number of carbonyl (C=O) groups excluding carboxylic acids is 1. The van der Waals surface area contributed by atoms with Crippen molar-refractivity contribution >= 4 is 39.7 Å². The number of amides is 1. The number of unbranched alkanes of at least 4 members (excludes halogenated alkanes) is 1. The van der Waals surface area contributed by atoms with Gasteiger partial charge in [0, 0.05) is 35.6 Å². The topological polar surface area (TPSA) is 72.7 Å². The van der Waals surface area contributed by atoms with Crippen LogP contribution in [0.5, 0.6) is 0 Å². The maximum absolute atomic E-state index is 14.6. The molecule has 0 spiro atoms. The Bertz CT molecular complexity index is 1850. The summed E-state index contributed by atoms with van der Waals surface area (Å²) in [6, 6.07) is 33.9. The number of benzene rings is 4. The first-order valence-corrected chi connectivity index (χ1v) is 16.4. The van der Waals surface area contributed by atoms with Gasteiger partial charge in [0.1, 0.15) is 11.3 Å². The molecule has 4 aromatic carbocycles. The van der Waals surface area contributed by atoms with Crippen molar-refractivity contribution in [2.24, 2.45) is 0 Å². The highest BCUT2D eigenvalue weighted by Crippen LogP contribution is 2.30. The Labute approximate surface area is 267 Å². The lowest BCUT2D eigenvalue weighted by Crippen LogP contribution is -2.25. The van der Waals surface area contributed by atoms with Crippen LogP contribution in [-0.2, 0) is 11.3 Å². The molecule has 0 radical (unpaired) electrons. The summed E-state index contributed by atoms with van der Waals surface area (Å²) in [7, 11) is 0. The summed E-state index contributed by atoms with van der Waals surface area (Å²) in [6.45, 7) is 3.02. The minimum atomic E-state index is -0.243. The van der Waals surface area contributed by atoms with E-state index in [2.05, 4.69) is 70.1 Å². The molecule has 0 aliphatic heterocycles. The zero-order valence-electron chi connectivity index (χ0n) is 25.3. The van der Waals surface area contributed by atoms with E-state index in [1.165, 1.54) is 29.0 Å². The number of thioether (sulfide) groups is 1. The van der Waals surface area contributed by atoms with Crippen LogP contribution in [0.25, 0.3) is 22.1 Å². The Morgan fingerprint density at radius 3 is 2.33 bits per heavy atom. The zero-order chi connectivity index (χ0) is 31.0. The average molecular weight is 618 g/mol. The van der Waals surface area contributed by atoms with Crippen LogP contribution in [0.15, 0.2) is 108 Å². The van der Waals surface area contributed by atoms with E-state index in [4.69, 9.17) is 4.98 Å². The molecule has 8 heteroatoms. The number of aromatic nitrogens is 4. The highest BCUT2D eigenvalue weighted by atomic mass is 32.2. The summed E-state index contributed by atoms with van der Waals surface area (Å²) < 4.78 is 16.6. The molecule has 45 heavy (non-hydrogen) atoms. The van der Waals surface area contributed by atoms with Crippen molar-refractivity contribution in [1.82, 2.24) is 25.1 Å². The van der Waals surface area contributed by atoms with Gasteiger partial charge < -0.3 is 9.88 Å². The first-order valence-electron chi connectivity index (χ1n) is 15.4. The van der Waals surface area contributed by atoms with Crippen LogP contribution in [0.1, 0.15) is 53.9 Å². The van der Waals surface area contributed by atoms with Crippen LogP contribution < -0.4 is 5.32 Å². The van der Waals surface area contributed by atoms with Gasteiger partial charge >= 0.3 is 0 Å².